The van der Waals surface area contributed by atoms with Crippen LogP contribution in [0.25, 0.3) is 6.08 Å². The van der Waals surface area contributed by atoms with Crippen molar-refractivity contribution >= 4 is 40.6 Å². The van der Waals surface area contributed by atoms with Gasteiger partial charge in [-0.1, -0.05) is 18.2 Å². The van der Waals surface area contributed by atoms with E-state index in [1.54, 1.807) is 42.5 Å². The number of amides is 2. The van der Waals surface area contributed by atoms with Crippen molar-refractivity contribution in [2.45, 2.75) is 6.92 Å². The number of benzene rings is 2. The van der Waals surface area contributed by atoms with Gasteiger partial charge in [0.1, 0.15) is 0 Å². The van der Waals surface area contributed by atoms with Crippen molar-refractivity contribution in [2.75, 3.05) is 19.1 Å². The van der Waals surface area contributed by atoms with Crippen LogP contribution < -0.4 is 19.1 Å². The van der Waals surface area contributed by atoms with Crippen molar-refractivity contribution in [2.24, 2.45) is 0 Å². The number of nitrogens with zero attached hydrogens (tertiary/aromatic N) is 1. The molecule has 1 heterocycles. The fraction of sp³-hybridized carbons (Fsp3) is 0.150. The highest BCUT2D eigenvalue weighted by Crippen LogP contribution is 2.41. The number of esters is 1. The van der Waals surface area contributed by atoms with Crippen molar-refractivity contribution in [3.05, 3.63) is 52.9 Å². The summed E-state index contributed by atoms with van der Waals surface area (Å²) in [5.41, 5.74) is 1.07. The van der Waals surface area contributed by atoms with Gasteiger partial charge >= 0.3 is 5.97 Å². The van der Waals surface area contributed by atoms with Gasteiger partial charge in [-0.2, -0.15) is 0 Å². The Morgan fingerprint density at radius 3 is 2.18 bits per heavy atom. The monoisotopic (exact) mass is 399 g/mol. The summed E-state index contributed by atoms with van der Waals surface area (Å²) in [5.74, 6) is -0.255. The first kappa shape index (κ1) is 19.5. The molecule has 1 fully saturated rings. The summed E-state index contributed by atoms with van der Waals surface area (Å²) in [6.45, 7) is 1.27. The number of rotatable bonds is 5. The maximum absolute atomic E-state index is 12.7. The average Bonchev–Trinajstić information content (AvgIpc) is 2.96. The second-order valence-corrected chi connectivity index (χ2v) is 6.69. The van der Waals surface area contributed by atoms with E-state index >= 15 is 0 Å². The Hall–Kier alpha value is -3.26. The first-order valence-electron chi connectivity index (χ1n) is 8.22. The van der Waals surface area contributed by atoms with Crippen LogP contribution in [-0.2, 0) is 9.59 Å². The summed E-state index contributed by atoms with van der Waals surface area (Å²) < 4.78 is 15.7. The van der Waals surface area contributed by atoms with Crippen LogP contribution in [0.1, 0.15) is 12.5 Å². The molecule has 28 heavy (non-hydrogen) atoms. The molecule has 0 saturated carbocycles. The first-order chi connectivity index (χ1) is 13.4. The Kier molecular flexibility index (Phi) is 5.70. The van der Waals surface area contributed by atoms with E-state index in [1.807, 2.05) is 6.07 Å². The molecule has 0 atom stereocenters. The van der Waals surface area contributed by atoms with Crippen LogP contribution in [0.15, 0.2) is 47.4 Å². The first-order valence-corrected chi connectivity index (χ1v) is 9.03. The van der Waals surface area contributed by atoms with E-state index < -0.39 is 11.9 Å². The molecule has 8 heteroatoms. The molecule has 2 aromatic rings. The minimum absolute atomic E-state index is 0.145. The summed E-state index contributed by atoms with van der Waals surface area (Å²) in [5, 5.41) is -0.377. The number of carbonyl (C=O) groups excluding carboxylic acids is 3. The lowest BCUT2D eigenvalue weighted by Gasteiger charge is -2.13. The van der Waals surface area contributed by atoms with E-state index in [9.17, 15) is 14.4 Å². The van der Waals surface area contributed by atoms with Gasteiger partial charge in [-0.15, -0.1) is 0 Å². The van der Waals surface area contributed by atoms with E-state index in [4.69, 9.17) is 14.2 Å². The Morgan fingerprint density at radius 2 is 1.64 bits per heavy atom. The Balaban J connectivity index is 1.98. The normalized spacial score (nSPS) is 15.1. The number of para-hydroxylation sites is 1. The Bertz CT molecular complexity index is 945. The van der Waals surface area contributed by atoms with Gasteiger partial charge in [-0.05, 0) is 47.7 Å². The molecule has 1 aliphatic rings. The molecule has 0 aromatic heterocycles. The van der Waals surface area contributed by atoms with Crippen LogP contribution in [0, 0.1) is 0 Å². The number of ether oxygens (including phenoxy) is 3. The molecule has 1 saturated heterocycles. The SMILES string of the molecule is COc1cc(/C=C2/SC(=O)N(c3ccccc3)C2=O)cc(OC)c1OC(C)=O. The topological polar surface area (TPSA) is 82.1 Å². The molecule has 0 spiro atoms. The molecular weight excluding hydrogens is 382 g/mol. The number of methoxy groups -OCH3 is 2. The third-order valence-corrected chi connectivity index (χ3v) is 4.70. The number of hydrogen-bond donors (Lipinski definition) is 0. The average molecular weight is 399 g/mol. The third kappa shape index (κ3) is 3.86. The molecule has 1 aliphatic heterocycles. The summed E-state index contributed by atoms with van der Waals surface area (Å²) in [7, 11) is 2.85. The van der Waals surface area contributed by atoms with E-state index in [2.05, 4.69) is 0 Å². The van der Waals surface area contributed by atoms with Crippen molar-refractivity contribution in [3.63, 3.8) is 0 Å². The number of imide groups is 1. The quantitative estimate of drug-likeness (QED) is 0.429. The van der Waals surface area contributed by atoms with E-state index in [0.717, 1.165) is 16.7 Å². The number of hydrogen-bond acceptors (Lipinski definition) is 7. The van der Waals surface area contributed by atoms with Gasteiger partial charge in [0.2, 0.25) is 5.75 Å². The molecule has 0 N–H and O–H groups in total. The molecular formula is C20H17NO6S. The second-order valence-electron chi connectivity index (χ2n) is 5.70. The van der Waals surface area contributed by atoms with Crippen LogP contribution in [0.3, 0.4) is 0 Å². The highest BCUT2D eigenvalue weighted by molar-refractivity contribution is 8.19. The van der Waals surface area contributed by atoms with Crippen LogP contribution in [-0.4, -0.2) is 31.3 Å². The maximum atomic E-state index is 12.7. The molecule has 7 nitrogen and oxygen atoms in total. The van der Waals surface area contributed by atoms with Crippen LogP contribution in [0.4, 0.5) is 10.5 Å². The smallest absolute Gasteiger partial charge is 0.308 e. The molecule has 2 aromatic carbocycles. The summed E-state index contributed by atoms with van der Waals surface area (Å²) in [6.07, 6.45) is 1.57. The minimum atomic E-state index is -0.520. The molecule has 0 radical (unpaired) electrons. The van der Waals surface area contributed by atoms with Crippen LogP contribution in [0.2, 0.25) is 0 Å². The standard InChI is InChI=1S/C20H17NO6S/c1-12(22)27-18-15(25-2)9-13(10-16(18)26-3)11-17-19(23)21(20(24)28-17)14-7-5-4-6-8-14/h4-11H,1-3H3/b17-11+. The highest BCUT2D eigenvalue weighted by Gasteiger charge is 2.36. The summed E-state index contributed by atoms with van der Waals surface area (Å²) in [6, 6.07) is 11.9. The van der Waals surface area contributed by atoms with E-state index in [0.29, 0.717) is 11.3 Å². The van der Waals surface area contributed by atoms with Gasteiger partial charge in [-0.25, -0.2) is 4.90 Å². The lowest BCUT2D eigenvalue weighted by molar-refractivity contribution is -0.132. The van der Waals surface area contributed by atoms with Gasteiger partial charge in [0.25, 0.3) is 11.1 Å². The van der Waals surface area contributed by atoms with Crippen molar-refractivity contribution in [3.8, 4) is 17.2 Å². The Morgan fingerprint density at radius 1 is 1.04 bits per heavy atom. The van der Waals surface area contributed by atoms with Gasteiger partial charge < -0.3 is 14.2 Å². The van der Waals surface area contributed by atoms with Gasteiger partial charge in [0.15, 0.2) is 11.5 Å². The zero-order valence-electron chi connectivity index (χ0n) is 15.4. The number of thioether (sulfide) groups is 1. The maximum Gasteiger partial charge on any atom is 0.308 e. The summed E-state index contributed by atoms with van der Waals surface area (Å²) >= 11 is 0.845. The zero-order chi connectivity index (χ0) is 20.3. The lowest BCUT2D eigenvalue weighted by Crippen LogP contribution is -2.27. The van der Waals surface area contributed by atoms with Crippen molar-refractivity contribution in [1.29, 1.82) is 0 Å². The molecule has 0 unspecified atom stereocenters. The van der Waals surface area contributed by atoms with Crippen LogP contribution in [0.5, 0.6) is 17.2 Å². The fourth-order valence-corrected chi connectivity index (χ4v) is 3.49. The second kappa shape index (κ2) is 8.18. The van der Waals surface area contributed by atoms with Gasteiger partial charge in [-0.3, -0.25) is 14.4 Å². The van der Waals surface area contributed by atoms with Crippen LogP contribution >= 0.6 is 11.8 Å². The Labute approximate surface area is 165 Å². The molecule has 144 valence electrons. The predicted octanol–water partition coefficient (Wildman–Crippen LogP) is 3.87. The summed E-state index contributed by atoms with van der Waals surface area (Å²) in [4.78, 5) is 37.8. The molecule has 0 aliphatic carbocycles. The zero-order valence-corrected chi connectivity index (χ0v) is 16.2. The highest BCUT2D eigenvalue weighted by atomic mass is 32.2. The van der Waals surface area contributed by atoms with Crippen molar-refractivity contribution < 1.29 is 28.6 Å². The number of anilines is 1. The largest absolute Gasteiger partial charge is 0.493 e. The van der Waals surface area contributed by atoms with Gasteiger partial charge in [0.05, 0.1) is 24.8 Å². The van der Waals surface area contributed by atoms with Crippen molar-refractivity contribution in [1.82, 2.24) is 0 Å². The third-order valence-electron chi connectivity index (χ3n) is 3.83. The molecule has 0 bridgehead atoms. The molecule has 2 amide bonds. The van der Waals surface area contributed by atoms with E-state index in [1.165, 1.54) is 21.1 Å². The molecule has 3 rings (SSSR count). The fourth-order valence-electron chi connectivity index (χ4n) is 2.65. The number of carbonyl (C=O) groups is 3. The minimum Gasteiger partial charge on any atom is -0.493 e. The lowest BCUT2D eigenvalue weighted by atomic mass is 10.1. The van der Waals surface area contributed by atoms with Gasteiger partial charge in [0, 0.05) is 6.92 Å². The predicted molar refractivity (Wildman–Crippen MR) is 106 cm³/mol. The van der Waals surface area contributed by atoms with E-state index in [-0.39, 0.29) is 27.4 Å².